The third-order valence-electron chi connectivity index (χ3n) is 5.94. The lowest BCUT2D eigenvalue weighted by Crippen LogP contribution is -2.45. The number of anilines is 2. The standard InChI is InChI=1S/C27H30N4O2/c1-18-9-11-21(12-10-18)29-26(32)25(8-4-5-15-28)31-27(33)30-22-13-14-24-20(17-22)16-19-6-2-3-7-23(19)24/h2-3,6-7,9-14,17,25H,4-5,8,15-16,28H2,1H3,(H,29,32)(H2,30,31,33)/t25-/m1/s1. The summed E-state index contributed by atoms with van der Waals surface area (Å²) in [6, 6.07) is 20.8. The van der Waals surface area contributed by atoms with E-state index in [9.17, 15) is 9.59 Å². The van der Waals surface area contributed by atoms with E-state index in [2.05, 4.69) is 28.1 Å². The quantitative estimate of drug-likeness (QED) is 0.295. The number of carbonyl (C=O) groups excluding carboxylic acids is 2. The Balaban J connectivity index is 1.40. The highest BCUT2D eigenvalue weighted by atomic mass is 16.2. The van der Waals surface area contributed by atoms with Crippen LogP contribution in [0.3, 0.4) is 0 Å². The summed E-state index contributed by atoms with van der Waals surface area (Å²) in [5.41, 5.74) is 13.1. The van der Waals surface area contributed by atoms with Gasteiger partial charge in [-0.15, -0.1) is 0 Å². The normalized spacial score (nSPS) is 12.4. The SMILES string of the molecule is Cc1ccc(NC(=O)[C@@H](CCCCN)NC(=O)Nc2ccc3c(c2)Cc2ccccc2-3)cc1. The number of amides is 3. The van der Waals surface area contributed by atoms with Crippen molar-refractivity contribution in [3.63, 3.8) is 0 Å². The molecule has 5 N–H and O–H groups in total. The first-order valence-electron chi connectivity index (χ1n) is 11.4. The van der Waals surface area contributed by atoms with Gasteiger partial charge >= 0.3 is 6.03 Å². The van der Waals surface area contributed by atoms with E-state index in [1.807, 2.05) is 61.5 Å². The van der Waals surface area contributed by atoms with Crippen LogP contribution in [0.4, 0.5) is 16.2 Å². The van der Waals surface area contributed by atoms with E-state index in [4.69, 9.17) is 5.73 Å². The van der Waals surface area contributed by atoms with Crippen molar-refractivity contribution in [2.75, 3.05) is 17.2 Å². The van der Waals surface area contributed by atoms with Gasteiger partial charge in [-0.3, -0.25) is 4.79 Å². The van der Waals surface area contributed by atoms with Crippen molar-refractivity contribution >= 4 is 23.3 Å². The zero-order chi connectivity index (χ0) is 23.2. The molecule has 0 bridgehead atoms. The third-order valence-corrected chi connectivity index (χ3v) is 5.94. The van der Waals surface area contributed by atoms with E-state index in [1.165, 1.54) is 22.3 Å². The first-order chi connectivity index (χ1) is 16.0. The van der Waals surface area contributed by atoms with Crippen LogP contribution >= 0.6 is 0 Å². The first-order valence-corrected chi connectivity index (χ1v) is 11.4. The van der Waals surface area contributed by atoms with Crippen LogP contribution in [0, 0.1) is 6.92 Å². The van der Waals surface area contributed by atoms with Gasteiger partial charge in [0.05, 0.1) is 0 Å². The molecule has 4 rings (SSSR count). The summed E-state index contributed by atoms with van der Waals surface area (Å²) in [5, 5.41) is 8.63. The van der Waals surface area contributed by atoms with Gasteiger partial charge in [-0.1, -0.05) is 48.0 Å². The molecule has 0 aromatic heterocycles. The summed E-state index contributed by atoms with van der Waals surface area (Å²) >= 11 is 0. The minimum absolute atomic E-state index is 0.240. The number of urea groups is 1. The molecule has 0 unspecified atom stereocenters. The molecule has 3 aromatic rings. The number of hydrogen-bond acceptors (Lipinski definition) is 3. The largest absolute Gasteiger partial charge is 0.330 e. The molecular formula is C27H30N4O2. The molecule has 0 aliphatic heterocycles. The lowest BCUT2D eigenvalue weighted by atomic mass is 10.1. The number of rotatable bonds is 8. The van der Waals surface area contributed by atoms with E-state index >= 15 is 0 Å². The number of nitrogens with two attached hydrogens (primary N) is 1. The summed E-state index contributed by atoms with van der Waals surface area (Å²) in [6.45, 7) is 2.54. The zero-order valence-corrected chi connectivity index (χ0v) is 18.9. The van der Waals surface area contributed by atoms with E-state index in [0.29, 0.717) is 24.3 Å². The van der Waals surface area contributed by atoms with Gasteiger partial charge in [-0.2, -0.15) is 0 Å². The second-order valence-corrected chi connectivity index (χ2v) is 8.50. The number of hydrogen-bond donors (Lipinski definition) is 4. The van der Waals surface area contributed by atoms with Gasteiger partial charge in [-0.05, 0) is 85.7 Å². The molecule has 1 aliphatic rings. The number of nitrogens with one attached hydrogen (secondary N) is 3. The second-order valence-electron chi connectivity index (χ2n) is 8.50. The molecule has 0 spiro atoms. The predicted octanol–water partition coefficient (Wildman–Crippen LogP) is 4.82. The van der Waals surface area contributed by atoms with Crippen molar-refractivity contribution in [3.05, 3.63) is 83.4 Å². The molecular weight excluding hydrogens is 412 g/mol. The molecule has 170 valence electrons. The van der Waals surface area contributed by atoms with Gasteiger partial charge < -0.3 is 21.7 Å². The summed E-state index contributed by atoms with van der Waals surface area (Å²) in [6.07, 6.45) is 2.91. The summed E-state index contributed by atoms with van der Waals surface area (Å²) in [5.74, 6) is -0.240. The van der Waals surface area contributed by atoms with Crippen LogP contribution in [0.2, 0.25) is 0 Å². The Hall–Kier alpha value is -3.64. The van der Waals surface area contributed by atoms with Crippen LogP contribution in [0.25, 0.3) is 11.1 Å². The molecule has 1 atom stereocenters. The van der Waals surface area contributed by atoms with Crippen LogP contribution in [-0.2, 0) is 11.2 Å². The van der Waals surface area contributed by atoms with Gasteiger partial charge in [0.2, 0.25) is 5.91 Å². The maximum absolute atomic E-state index is 12.9. The molecule has 6 heteroatoms. The van der Waals surface area contributed by atoms with Gasteiger partial charge in [0, 0.05) is 11.4 Å². The smallest absolute Gasteiger partial charge is 0.319 e. The van der Waals surface area contributed by atoms with Gasteiger partial charge in [-0.25, -0.2) is 4.79 Å². The molecule has 3 aromatic carbocycles. The minimum Gasteiger partial charge on any atom is -0.330 e. The Kier molecular flexibility index (Phi) is 7.05. The highest BCUT2D eigenvalue weighted by Gasteiger charge is 2.22. The third kappa shape index (κ3) is 5.59. The molecule has 0 saturated carbocycles. The number of unbranched alkanes of at least 4 members (excludes halogenated alkanes) is 1. The number of benzene rings is 3. The van der Waals surface area contributed by atoms with Crippen LogP contribution in [0.15, 0.2) is 66.7 Å². The lowest BCUT2D eigenvalue weighted by molar-refractivity contribution is -0.118. The van der Waals surface area contributed by atoms with Crippen LogP contribution in [0.5, 0.6) is 0 Å². The van der Waals surface area contributed by atoms with Crippen LogP contribution in [-0.4, -0.2) is 24.5 Å². The summed E-state index contributed by atoms with van der Waals surface area (Å²) in [4.78, 5) is 25.6. The summed E-state index contributed by atoms with van der Waals surface area (Å²) in [7, 11) is 0. The van der Waals surface area contributed by atoms with Crippen molar-refractivity contribution in [2.45, 2.75) is 38.6 Å². The topological polar surface area (TPSA) is 96.2 Å². The predicted molar refractivity (Wildman–Crippen MR) is 133 cm³/mol. The Morgan fingerprint density at radius 1 is 0.879 bits per heavy atom. The van der Waals surface area contributed by atoms with Gasteiger partial charge in [0.15, 0.2) is 0 Å². The first kappa shape index (κ1) is 22.6. The van der Waals surface area contributed by atoms with Crippen molar-refractivity contribution in [2.24, 2.45) is 5.73 Å². The maximum atomic E-state index is 12.9. The lowest BCUT2D eigenvalue weighted by Gasteiger charge is -2.19. The van der Waals surface area contributed by atoms with E-state index in [-0.39, 0.29) is 5.91 Å². The molecule has 0 radical (unpaired) electrons. The van der Waals surface area contributed by atoms with Crippen molar-refractivity contribution in [3.8, 4) is 11.1 Å². The average Bonchev–Trinajstić information content (AvgIpc) is 3.17. The Morgan fingerprint density at radius 2 is 1.61 bits per heavy atom. The highest BCUT2D eigenvalue weighted by molar-refractivity contribution is 5.99. The van der Waals surface area contributed by atoms with Gasteiger partial charge in [0.25, 0.3) is 0 Å². The fourth-order valence-corrected chi connectivity index (χ4v) is 4.18. The number of aryl methyl sites for hydroxylation is 1. The average molecular weight is 443 g/mol. The van der Waals surface area contributed by atoms with Crippen molar-refractivity contribution < 1.29 is 9.59 Å². The molecule has 3 amide bonds. The molecule has 0 heterocycles. The molecule has 33 heavy (non-hydrogen) atoms. The molecule has 0 saturated heterocycles. The van der Waals surface area contributed by atoms with E-state index in [1.54, 1.807) is 0 Å². The Labute approximate surface area is 194 Å². The molecule has 1 aliphatic carbocycles. The maximum Gasteiger partial charge on any atom is 0.319 e. The fourth-order valence-electron chi connectivity index (χ4n) is 4.18. The van der Waals surface area contributed by atoms with E-state index in [0.717, 1.165) is 24.8 Å². The van der Waals surface area contributed by atoms with Gasteiger partial charge in [0.1, 0.15) is 6.04 Å². The zero-order valence-electron chi connectivity index (χ0n) is 18.9. The van der Waals surface area contributed by atoms with Crippen molar-refractivity contribution in [1.82, 2.24) is 5.32 Å². The Bertz CT molecular complexity index is 1140. The van der Waals surface area contributed by atoms with Crippen molar-refractivity contribution in [1.29, 1.82) is 0 Å². The Morgan fingerprint density at radius 3 is 2.39 bits per heavy atom. The second kappa shape index (κ2) is 10.3. The van der Waals surface area contributed by atoms with Crippen LogP contribution < -0.4 is 21.7 Å². The van der Waals surface area contributed by atoms with Crippen LogP contribution in [0.1, 0.15) is 36.0 Å². The summed E-state index contributed by atoms with van der Waals surface area (Å²) < 4.78 is 0. The number of fused-ring (bicyclic) bond motifs is 3. The molecule has 6 nitrogen and oxygen atoms in total. The highest BCUT2D eigenvalue weighted by Crippen LogP contribution is 2.37. The minimum atomic E-state index is -0.656. The van der Waals surface area contributed by atoms with E-state index < -0.39 is 12.1 Å². The fraction of sp³-hybridized carbons (Fsp3) is 0.259. The number of carbonyl (C=O) groups is 2. The molecule has 0 fully saturated rings. The monoisotopic (exact) mass is 442 g/mol.